The van der Waals surface area contributed by atoms with Crippen LogP contribution in [0.25, 0.3) is 0 Å². The zero-order valence-corrected chi connectivity index (χ0v) is 13.2. The van der Waals surface area contributed by atoms with Crippen molar-refractivity contribution in [3.8, 4) is 0 Å². The number of aliphatic imine (C=N–C) groups is 1. The van der Waals surface area contributed by atoms with Crippen LogP contribution in [0.15, 0.2) is 23.2 Å². The van der Waals surface area contributed by atoms with Crippen molar-refractivity contribution in [2.75, 3.05) is 32.7 Å². The van der Waals surface area contributed by atoms with Gasteiger partial charge in [-0.15, -0.1) is 0 Å². The van der Waals surface area contributed by atoms with E-state index < -0.39 is 11.7 Å². The SMILES string of the molecule is CCN1CCN(Cc2ccc(N=C=S)cc2C(F)(F)F)CC1. The van der Waals surface area contributed by atoms with Gasteiger partial charge in [-0.3, -0.25) is 4.90 Å². The quantitative estimate of drug-likeness (QED) is 0.621. The number of likely N-dealkylation sites (N-methyl/N-ethyl adjacent to an activating group) is 1. The maximum Gasteiger partial charge on any atom is 0.416 e. The van der Waals surface area contributed by atoms with Crippen LogP contribution in [-0.2, 0) is 12.7 Å². The molecule has 3 nitrogen and oxygen atoms in total. The van der Waals surface area contributed by atoms with Gasteiger partial charge in [-0.25, -0.2) is 0 Å². The third kappa shape index (κ3) is 4.36. The Hall–Kier alpha value is -1.27. The van der Waals surface area contributed by atoms with E-state index in [4.69, 9.17) is 0 Å². The second-order valence-electron chi connectivity index (χ2n) is 5.25. The average Bonchev–Trinajstić information content (AvgIpc) is 2.49. The predicted molar refractivity (Wildman–Crippen MR) is 83.5 cm³/mol. The summed E-state index contributed by atoms with van der Waals surface area (Å²) in [4.78, 5) is 7.98. The minimum Gasteiger partial charge on any atom is -0.301 e. The summed E-state index contributed by atoms with van der Waals surface area (Å²) in [5, 5.41) is 2.10. The topological polar surface area (TPSA) is 18.8 Å². The van der Waals surface area contributed by atoms with Gasteiger partial charge in [-0.1, -0.05) is 13.0 Å². The number of thiocarbonyl (C=S) groups is 1. The van der Waals surface area contributed by atoms with Gasteiger partial charge >= 0.3 is 6.18 Å². The standard InChI is InChI=1S/C15H18F3N3S/c1-2-20-5-7-21(8-6-20)10-12-3-4-13(19-11-22)9-14(12)15(16,17)18/h3-4,9H,2,5-8,10H2,1H3. The van der Waals surface area contributed by atoms with Crippen molar-refractivity contribution in [3.05, 3.63) is 29.3 Å². The molecule has 0 saturated carbocycles. The number of hydrogen-bond donors (Lipinski definition) is 0. The van der Waals surface area contributed by atoms with E-state index in [-0.39, 0.29) is 11.3 Å². The van der Waals surface area contributed by atoms with Crippen LogP contribution in [0.3, 0.4) is 0 Å². The molecule has 0 atom stereocenters. The smallest absolute Gasteiger partial charge is 0.301 e. The van der Waals surface area contributed by atoms with E-state index in [1.807, 2.05) is 0 Å². The Morgan fingerprint density at radius 2 is 1.82 bits per heavy atom. The number of halogens is 3. The Morgan fingerprint density at radius 1 is 1.18 bits per heavy atom. The molecule has 1 heterocycles. The maximum absolute atomic E-state index is 13.2. The fourth-order valence-corrected chi connectivity index (χ4v) is 2.70. The fraction of sp³-hybridized carbons (Fsp3) is 0.533. The number of rotatable bonds is 4. The van der Waals surface area contributed by atoms with E-state index in [0.717, 1.165) is 38.8 Å². The molecule has 0 N–H and O–H groups in total. The molecule has 1 aliphatic rings. The highest BCUT2D eigenvalue weighted by molar-refractivity contribution is 7.78. The highest BCUT2D eigenvalue weighted by Crippen LogP contribution is 2.35. The predicted octanol–water partition coefficient (Wildman–Crippen LogP) is 3.58. The van der Waals surface area contributed by atoms with Gasteiger partial charge in [0.25, 0.3) is 0 Å². The van der Waals surface area contributed by atoms with Crippen LogP contribution in [0.4, 0.5) is 18.9 Å². The molecule has 1 fully saturated rings. The molecule has 1 aromatic rings. The van der Waals surface area contributed by atoms with Gasteiger partial charge in [0.05, 0.1) is 16.4 Å². The van der Waals surface area contributed by atoms with Gasteiger partial charge in [0.15, 0.2) is 0 Å². The molecular weight excluding hydrogens is 311 g/mol. The van der Waals surface area contributed by atoms with Gasteiger partial charge in [0, 0.05) is 32.7 Å². The first-order valence-corrected chi connectivity index (χ1v) is 7.57. The van der Waals surface area contributed by atoms with E-state index in [9.17, 15) is 13.2 Å². The summed E-state index contributed by atoms with van der Waals surface area (Å²) >= 11 is 4.45. The van der Waals surface area contributed by atoms with Crippen molar-refractivity contribution in [3.63, 3.8) is 0 Å². The second kappa shape index (κ2) is 7.33. The fourth-order valence-electron chi connectivity index (χ4n) is 2.59. The van der Waals surface area contributed by atoms with Crippen LogP contribution >= 0.6 is 12.2 Å². The van der Waals surface area contributed by atoms with E-state index in [0.29, 0.717) is 6.54 Å². The van der Waals surface area contributed by atoms with Crippen molar-refractivity contribution in [1.82, 2.24) is 9.80 Å². The molecule has 0 aromatic heterocycles. The Bertz CT molecular complexity index is 560. The lowest BCUT2D eigenvalue weighted by Crippen LogP contribution is -2.45. The second-order valence-corrected chi connectivity index (χ2v) is 5.44. The van der Waals surface area contributed by atoms with Crippen molar-refractivity contribution in [2.45, 2.75) is 19.6 Å². The number of alkyl halides is 3. The molecule has 0 amide bonds. The normalized spacial score (nSPS) is 17.3. The first kappa shape index (κ1) is 17.1. The minimum atomic E-state index is -4.40. The Labute approximate surface area is 133 Å². The summed E-state index contributed by atoms with van der Waals surface area (Å²) in [6.45, 7) is 6.72. The number of hydrogen-bond acceptors (Lipinski definition) is 4. The van der Waals surface area contributed by atoms with Gasteiger partial charge in [-0.05, 0) is 36.5 Å². The molecule has 0 bridgehead atoms. The van der Waals surface area contributed by atoms with Crippen molar-refractivity contribution < 1.29 is 13.2 Å². The average molecular weight is 329 g/mol. The van der Waals surface area contributed by atoms with E-state index in [1.165, 1.54) is 6.07 Å². The molecule has 0 unspecified atom stereocenters. The van der Waals surface area contributed by atoms with Gasteiger partial charge < -0.3 is 4.90 Å². The molecule has 0 radical (unpaired) electrons. The monoisotopic (exact) mass is 329 g/mol. The van der Waals surface area contributed by atoms with E-state index in [2.05, 4.69) is 39.1 Å². The van der Waals surface area contributed by atoms with Crippen molar-refractivity contribution in [1.29, 1.82) is 0 Å². The van der Waals surface area contributed by atoms with E-state index in [1.54, 1.807) is 6.07 Å². The lowest BCUT2D eigenvalue weighted by atomic mass is 10.0. The van der Waals surface area contributed by atoms with Gasteiger partial charge in [0.1, 0.15) is 0 Å². The van der Waals surface area contributed by atoms with E-state index >= 15 is 0 Å². The summed E-state index contributed by atoms with van der Waals surface area (Å²) < 4.78 is 39.7. The largest absolute Gasteiger partial charge is 0.416 e. The molecule has 7 heteroatoms. The summed E-state index contributed by atoms with van der Waals surface area (Å²) in [6.07, 6.45) is -4.40. The number of piperazine rings is 1. The van der Waals surface area contributed by atoms with Crippen LogP contribution in [0, 0.1) is 0 Å². The summed E-state index contributed by atoms with van der Waals surface area (Å²) in [7, 11) is 0. The number of nitrogens with zero attached hydrogens (tertiary/aromatic N) is 3. The van der Waals surface area contributed by atoms with Crippen LogP contribution in [0.1, 0.15) is 18.1 Å². The molecule has 2 rings (SSSR count). The maximum atomic E-state index is 13.2. The number of benzene rings is 1. The zero-order chi connectivity index (χ0) is 16.2. The molecule has 120 valence electrons. The molecule has 1 aromatic carbocycles. The van der Waals surface area contributed by atoms with Crippen LogP contribution in [0.5, 0.6) is 0 Å². The Kier molecular flexibility index (Phi) is 5.69. The molecule has 0 aliphatic carbocycles. The Morgan fingerprint density at radius 3 is 2.36 bits per heavy atom. The number of isothiocyanates is 1. The first-order chi connectivity index (χ1) is 10.4. The van der Waals surface area contributed by atoms with Crippen molar-refractivity contribution in [2.24, 2.45) is 4.99 Å². The summed E-state index contributed by atoms with van der Waals surface area (Å²) in [5.41, 5.74) is -0.181. The van der Waals surface area contributed by atoms with Crippen LogP contribution in [-0.4, -0.2) is 47.7 Å². The molecule has 1 aliphatic heterocycles. The molecule has 1 saturated heterocycles. The van der Waals surface area contributed by atoms with Gasteiger partial charge in [-0.2, -0.15) is 18.2 Å². The highest BCUT2D eigenvalue weighted by atomic mass is 32.1. The third-order valence-corrected chi connectivity index (χ3v) is 3.97. The lowest BCUT2D eigenvalue weighted by Gasteiger charge is -2.34. The molecule has 0 spiro atoms. The Balaban J connectivity index is 2.18. The van der Waals surface area contributed by atoms with Gasteiger partial charge in [0.2, 0.25) is 0 Å². The summed E-state index contributed by atoms with van der Waals surface area (Å²) in [5.74, 6) is 0. The third-order valence-electron chi connectivity index (χ3n) is 3.88. The van der Waals surface area contributed by atoms with Crippen LogP contribution < -0.4 is 0 Å². The molecule has 22 heavy (non-hydrogen) atoms. The van der Waals surface area contributed by atoms with Crippen LogP contribution in [0.2, 0.25) is 0 Å². The summed E-state index contributed by atoms with van der Waals surface area (Å²) in [6, 6.07) is 4.07. The van der Waals surface area contributed by atoms with Crippen molar-refractivity contribution >= 4 is 23.1 Å². The lowest BCUT2D eigenvalue weighted by molar-refractivity contribution is -0.138. The zero-order valence-electron chi connectivity index (χ0n) is 12.4. The minimum absolute atomic E-state index is 0.182. The highest BCUT2D eigenvalue weighted by Gasteiger charge is 2.34. The first-order valence-electron chi connectivity index (χ1n) is 7.16. The molecular formula is C15H18F3N3S.